The van der Waals surface area contributed by atoms with Gasteiger partial charge in [-0.2, -0.15) is 4.57 Å². The van der Waals surface area contributed by atoms with Gasteiger partial charge in [-0.25, -0.2) is 9.97 Å². The topological polar surface area (TPSA) is 29.7 Å². The normalized spacial score (nSPS) is 11.4. The molecule has 4 rings (SSSR count). The molecular weight excluding hydrogens is 366 g/mol. The number of benzene rings is 2. The number of nitrogens with zero attached hydrogens (tertiary/aromatic N) is 3. The van der Waals surface area contributed by atoms with Gasteiger partial charge >= 0.3 is 0 Å². The standard InChI is InChI=1S/C27H30N3/c1-17(2)12-27-28-15-21(16-29-27)22-8-7-9-25-23(22)10-11-26(30(25)6)24-14-18(3)13-19(4)20(24)5/h7-11,13-17H,12H2,1-6H3/q+1. The smallest absolute Gasteiger partial charge is 0.213 e. The van der Waals surface area contributed by atoms with E-state index in [1.807, 2.05) is 12.4 Å². The third kappa shape index (κ3) is 3.72. The number of hydrogen-bond donors (Lipinski definition) is 0. The molecule has 0 fully saturated rings. The Morgan fingerprint density at radius 2 is 1.63 bits per heavy atom. The minimum atomic E-state index is 0.555. The predicted molar refractivity (Wildman–Crippen MR) is 124 cm³/mol. The van der Waals surface area contributed by atoms with E-state index < -0.39 is 0 Å². The maximum atomic E-state index is 4.60. The molecule has 4 aromatic rings. The van der Waals surface area contributed by atoms with Gasteiger partial charge in [-0.15, -0.1) is 0 Å². The van der Waals surface area contributed by atoms with Crippen LogP contribution in [-0.2, 0) is 13.5 Å². The van der Waals surface area contributed by atoms with Crippen molar-refractivity contribution in [2.45, 2.75) is 41.0 Å². The molecule has 2 heterocycles. The summed E-state index contributed by atoms with van der Waals surface area (Å²) in [6.07, 6.45) is 4.83. The molecule has 3 nitrogen and oxygen atoms in total. The molecule has 2 aromatic carbocycles. The highest BCUT2D eigenvalue weighted by Gasteiger charge is 2.19. The zero-order valence-electron chi connectivity index (χ0n) is 18.8. The Balaban J connectivity index is 1.84. The fourth-order valence-corrected chi connectivity index (χ4v) is 4.22. The lowest BCUT2D eigenvalue weighted by molar-refractivity contribution is -0.633. The van der Waals surface area contributed by atoms with E-state index in [0.717, 1.165) is 17.8 Å². The Hall–Kier alpha value is -3.07. The van der Waals surface area contributed by atoms with E-state index in [1.165, 1.54) is 44.4 Å². The lowest BCUT2D eigenvalue weighted by Crippen LogP contribution is -2.32. The summed E-state index contributed by atoms with van der Waals surface area (Å²) in [6, 6.07) is 15.5. The van der Waals surface area contributed by atoms with Crippen molar-refractivity contribution in [1.29, 1.82) is 0 Å². The van der Waals surface area contributed by atoms with Crippen LogP contribution in [0.3, 0.4) is 0 Å². The van der Waals surface area contributed by atoms with Crippen molar-refractivity contribution in [3.8, 4) is 22.4 Å². The fraction of sp³-hybridized carbons (Fsp3) is 0.296. The van der Waals surface area contributed by atoms with Gasteiger partial charge < -0.3 is 0 Å². The number of aryl methyl sites for hydroxylation is 3. The van der Waals surface area contributed by atoms with Crippen LogP contribution < -0.4 is 4.57 Å². The summed E-state index contributed by atoms with van der Waals surface area (Å²) in [6.45, 7) is 10.9. The minimum absolute atomic E-state index is 0.555. The molecule has 3 heteroatoms. The summed E-state index contributed by atoms with van der Waals surface area (Å²) >= 11 is 0. The molecular formula is C27H30N3+. The number of pyridine rings is 1. The van der Waals surface area contributed by atoms with Crippen LogP contribution in [0, 0.1) is 26.7 Å². The van der Waals surface area contributed by atoms with Gasteiger partial charge in [0.25, 0.3) is 0 Å². The predicted octanol–water partition coefficient (Wildman–Crippen LogP) is 5.91. The Morgan fingerprint density at radius 3 is 2.33 bits per heavy atom. The molecule has 0 bridgehead atoms. The largest absolute Gasteiger partial charge is 0.241 e. The van der Waals surface area contributed by atoms with E-state index in [0.29, 0.717) is 5.92 Å². The number of rotatable bonds is 4. The molecule has 0 aliphatic rings. The van der Waals surface area contributed by atoms with Gasteiger partial charge in [0.2, 0.25) is 11.2 Å². The Bertz CT molecular complexity index is 1220. The highest BCUT2D eigenvalue weighted by molar-refractivity contribution is 5.93. The molecule has 2 aromatic heterocycles. The van der Waals surface area contributed by atoms with E-state index in [-0.39, 0.29) is 0 Å². The zero-order valence-corrected chi connectivity index (χ0v) is 18.8. The molecule has 0 aliphatic heterocycles. The second kappa shape index (κ2) is 7.98. The first-order chi connectivity index (χ1) is 14.3. The summed E-state index contributed by atoms with van der Waals surface area (Å²) in [4.78, 5) is 9.21. The molecule has 0 amide bonds. The molecule has 0 spiro atoms. The average molecular weight is 397 g/mol. The highest BCUT2D eigenvalue weighted by atomic mass is 14.9. The van der Waals surface area contributed by atoms with E-state index in [2.05, 4.69) is 98.7 Å². The Labute approximate surface area is 179 Å². The van der Waals surface area contributed by atoms with E-state index in [4.69, 9.17) is 0 Å². The van der Waals surface area contributed by atoms with Crippen molar-refractivity contribution in [1.82, 2.24) is 9.97 Å². The Morgan fingerprint density at radius 1 is 0.900 bits per heavy atom. The summed E-state index contributed by atoms with van der Waals surface area (Å²) < 4.78 is 2.30. The second-order valence-corrected chi connectivity index (χ2v) is 8.76. The van der Waals surface area contributed by atoms with E-state index in [1.54, 1.807) is 0 Å². The monoisotopic (exact) mass is 396 g/mol. The first kappa shape index (κ1) is 20.2. The number of aromatic nitrogens is 3. The van der Waals surface area contributed by atoms with E-state index >= 15 is 0 Å². The first-order valence-corrected chi connectivity index (χ1v) is 10.7. The molecule has 0 N–H and O–H groups in total. The maximum absolute atomic E-state index is 4.60. The highest BCUT2D eigenvalue weighted by Crippen LogP contribution is 2.30. The van der Waals surface area contributed by atoms with Gasteiger partial charge in [0, 0.05) is 42.1 Å². The van der Waals surface area contributed by atoms with Gasteiger partial charge in [0.05, 0.1) is 5.39 Å². The van der Waals surface area contributed by atoms with E-state index in [9.17, 15) is 0 Å². The Kier molecular flexibility index (Phi) is 5.38. The van der Waals surface area contributed by atoms with Gasteiger partial charge in [0.1, 0.15) is 12.9 Å². The molecule has 0 saturated carbocycles. The van der Waals surface area contributed by atoms with Crippen molar-refractivity contribution in [3.05, 3.63) is 77.4 Å². The van der Waals surface area contributed by atoms with Crippen LogP contribution in [0.4, 0.5) is 0 Å². The molecule has 152 valence electrons. The number of fused-ring (bicyclic) bond motifs is 1. The van der Waals surface area contributed by atoms with Crippen molar-refractivity contribution in [2.75, 3.05) is 0 Å². The molecule has 30 heavy (non-hydrogen) atoms. The van der Waals surface area contributed by atoms with Crippen molar-refractivity contribution >= 4 is 10.9 Å². The van der Waals surface area contributed by atoms with Crippen LogP contribution in [-0.4, -0.2) is 9.97 Å². The van der Waals surface area contributed by atoms with Crippen LogP contribution in [0.5, 0.6) is 0 Å². The average Bonchev–Trinajstić information content (AvgIpc) is 2.71. The molecule has 0 atom stereocenters. The summed E-state index contributed by atoms with van der Waals surface area (Å²) in [7, 11) is 2.15. The summed E-state index contributed by atoms with van der Waals surface area (Å²) in [5, 5.41) is 1.21. The first-order valence-electron chi connectivity index (χ1n) is 10.7. The molecule has 0 radical (unpaired) electrons. The van der Waals surface area contributed by atoms with Crippen LogP contribution in [0.1, 0.15) is 36.4 Å². The third-order valence-corrected chi connectivity index (χ3v) is 5.91. The van der Waals surface area contributed by atoms with Crippen LogP contribution in [0.2, 0.25) is 0 Å². The molecule has 0 saturated heterocycles. The van der Waals surface area contributed by atoms with Crippen molar-refractivity contribution < 1.29 is 4.57 Å². The quantitative estimate of drug-likeness (QED) is 0.401. The maximum Gasteiger partial charge on any atom is 0.213 e. The lowest BCUT2D eigenvalue weighted by atomic mass is 9.96. The summed E-state index contributed by atoms with van der Waals surface area (Å²) in [5.41, 5.74) is 9.91. The third-order valence-electron chi connectivity index (χ3n) is 5.91. The second-order valence-electron chi connectivity index (χ2n) is 8.76. The van der Waals surface area contributed by atoms with Crippen molar-refractivity contribution in [2.24, 2.45) is 13.0 Å². The van der Waals surface area contributed by atoms with Gasteiger partial charge in [-0.05, 0) is 55.5 Å². The van der Waals surface area contributed by atoms with Gasteiger partial charge in [-0.3, -0.25) is 0 Å². The number of hydrogen-bond acceptors (Lipinski definition) is 2. The van der Waals surface area contributed by atoms with Gasteiger partial charge in [-0.1, -0.05) is 37.6 Å². The molecule has 0 aliphatic carbocycles. The van der Waals surface area contributed by atoms with Crippen LogP contribution in [0.15, 0.2) is 54.9 Å². The SMILES string of the molecule is Cc1cc(C)c(C)c(-c2ccc3c(-c4cnc(CC(C)C)nc4)cccc3[n+]2C)c1. The van der Waals surface area contributed by atoms with Crippen LogP contribution >= 0.6 is 0 Å². The fourth-order valence-electron chi connectivity index (χ4n) is 4.22. The van der Waals surface area contributed by atoms with Gasteiger partial charge in [0.15, 0.2) is 0 Å². The summed E-state index contributed by atoms with van der Waals surface area (Å²) in [5.74, 6) is 1.46. The zero-order chi connectivity index (χ0) is 21.4. The minimum Gasteiger partial charge on any atom is -0.241 e. The van der Waals surface area contributed by atoms with Crippen LogP contribution in [0.25, 0.3) is 33.3 Å². The molecule has 0 unspecified atom stereocenters. The van der Waals surface area contributed by atoms with Crippen molar-refractivity contribution in [3.63, 3.8) is 0 Å². The lowest BCUT2D eigenvalue weighted by Gasteiger charge is -2.12.